The molecule has 1 aromatic heterocycles. The molecule has 0 bridgehead atoms. The van der Waals surface area contributed by atoms with Crippen molar-refractivity contribution in [2.45, 2.75) is 19.9 Å². The molecule has 0 saturated carbocycles. The van der Waals surface area contributed by atoms with E-state index in [9.17, 15) is 4.79 Å². The molecule has 0 atom stereocenters. The summed E-state index contributed by atoms with van der Waals surface area (Å²) in [5, 5.41) is 2.84. The number of rotatable bonds is 4. The predicted molar refractivity (Wildman–Crippen MR) is 73.5 cm³/mol. The van der Waals surface area contributed by atoms with Gasteiger partial charge in [0.1, 0.15) is 5.69 Å². The van der Waals surface area contributed by atoms with Gasteiger partial charge in [0.2, 0.25) is 0 Å². The lowest BCUT2D eigenvalue weighted by Gasteiger charge is -2.09. The molecule has 0 spiro atoms. The van der Waals surface area contributed by atoms with Crippen molar-refractivity contribution < 1.29 is 4.79 Å². The van der Waals surface area contributed by atoms with Crippen LogP contribution in [0.5, 0.6) is 0 Å². The topological polar surface area (TPSA) is 60.0 Å². The largest absolute Gasteiger partial charge is 0.399 e. The van der Waals surface area contributed by atoms with Crippen LogP contribution in [0.4, 0.5) is 11.4 Å². The lowest BCUT2D eigenvalue weighted by atomic mass is 10.2. The summed E-state index contributed by atoms with van der Waals surface area (Å²) in [5.74, 6) is -0.112. The van der Waals surface area contributed by atoms with Crippen molar-refractivity contribution in [2.75, 3.05) is 11.1 Å². The fraction of sp³-hybridized carbons (Fsp3) is 0.214. The second-order valence-electron chi connectivity index (χ2n) is 4.17. The van der Waals surface area contributed by atoms with E-state index in [0.717, 1.165) is 13.0 Å². The van der Waals surface area contributed by atoms with Gasteiger partial charge in [-0.25, -0.2) is 0 Å². The van der Waals surface area contributed by atoms with E-state index in [4.69, 9.17) is 5.73 Å². The summed E-state index contributed by atoms with van der Waals surface area (Å²) in [4.78, 5) is 12.1. The van der Waals surface area contributed by atoms with Gasteiger partial charge in [0, 0.05) is 24.1 Å². The molecule has 0 saturated heterocycles. The van der Waals surface area contributed by atoms with Crippen LogP contribution < -0.4 is 11.1 Å². The smallest absolute Gasteiger partial charge is 0.272 e. The molecule has 0 radical (unpaired) electrons. The molecule has 0 fully saturated rings. The number of aryl methyl sites for hydroxylation is 1. The molecule has 3 N–H and O–H groups in total. The van der Waals surface area contributed by atoms with Crippen LogP contribution in [0.25, 0.3) is 0 Å². The summed E-state index contributed by atoms with van der Waals surface area (Å²) >= 11 is 0. The highest BCUT2D eigenvalue weighted by Crippen LogP contribution is 2.13. The van der Waals surface area contributed by atoms with Crippen molar-refractivity contribution in [2.24, 2.45) is 0 Å². The number of hydrogen-bond donors (Lipinski definition) is 2. The third kappa shape index (κ3) is 2.71. The molecular weight excluding hydrogens is 226 g/mol. The maximum atomic E-state index is 12.1. The fourth-order valence-corrected chi connectivity index (χ4v) is 1.87. The van der Waals surface area contributed by atoms with Crippen LogP contribution in [0.3, 0.4) is 0 Å². The molecule has 4 heteroatoms. The van der Waals surface area contributed by atoms with Gasteiger partial charge in [0.25, 0.3) is 5.91 Å². The van der Waals surface area contributed by atoms with E-state index in [2.05, 4.69) is 12.2 Å². The summed E-state index contributed by atoms with van der Waals surface area (Å²) < 4.78 is 1.95. The highest BCUT2D eigenvalue weighted by Gasteiger charge is 2.10. The number of nitrogens with one attached hydrogen (secondary N) is 1. The van der Waals surface area contributed by atoms with Crippen molar-refractivity contribution in [3.05, 3.63) is 48.3 Å². The fourth-order valence-electron chi connectivity index (χ4n) is 1.87. The van der Waals surface area contributed by atoms with Gasteiger partial charge < -0.3 is 15.6 Å². The molecule has 1 heterocycles. The molecule has 2 aromatic rings. The zero-order valence-electron chi connectivity index (χ0n) is 10.4. The van der Waals surface area contributed by atoms with Gasteiger partial charge in [0.05, 0.1) is 0 Å². The van der Waals surface area contributed by atoms with E-state index in [1.807, 2.05) is 35.0 Å². The van der Waals surface area contributed by atoms with Gasteiger partial charge in [-0.15, -0.1) is 0 Å². The Hall–Kier alpha value is -2.23. The van der Waals surface area contributed by atoms with Crippen molar-refractivity contribution in [3.8, 4) is 0 Å². The van der Waals surface area contributed by atoms with Gasteiger partial charge in [0.15, 0.2) is 0 Å². The van der Waals surface area contributed by atoms with Crippen LogP contribution in [0.1, 0.15) is 23.8 Å². The number of nitrogen functional groups attached to an aromatic ring is 1. The summed E-state index contributed by atoms with van der Waals surface area (Å²) in [6, 6.07) is 10.9. The van der Waals surface area contributed by atoms with Gasteiger partial charge >= 0.3 is 0 Å². The van der Waals surface area contributed by atoms with Crippen LogP contribution in [-0.2, 0) is 6.54 Å². The number of carbonyl (C=O) groups excluding carboxylic acids is 1. The van der Waals surface area contributed by atoms with Gasteiger partial charge in [-0.2, -0.15) is 0 Å². The number of amides is 1. The van der Waals surface area contributed by atoms with E-state index < -0.39 is 0 Å². The molecule has 18 heavy (non-hydrogen) atoms. The lowest BCUT2D eigenvalue weighted by Crippen LogP contribution is -2.16. The monoisotopic (exact) mass is 243 g/mol. The normalized spacial score (nSPS) is 10.3. The Kier molecular flexibility index (Phi) is 3.67. The summed E-state index contributed by atoms with van der Waals surface area (Å²) in [7, 11) is 0. The van der Waals surface area contributed by atoms with Crippen molar-refractivity contribution in [3.63, 3.8) is 0 Å². The SMILES string of the molecule is CCCn1cccc1C(=O)Nc1cccc(N)c1. The van der Waals surface area contributed by atoms with E-state index >= 15 is 0 Å². The number of aromatic nitrogens is 1. The number of nitrogens with zero attached hydrogens (tertiary/aromatic N) is 1. The molecule has 0 aliphatic carbocycles. The first-order chi connectivity index (χ1) is 8.70. The van der Waals surface area contributed by atoms with Crippen molar-refractivity contribution in [1.29, 1.82) is 0 Å². The minimum absolute atomic E-state index is 0.112. The first-order valence-electron chi connectivity index (χ1n) is 6.02. The summed E-state index contributed by atoms with van der Waals surface area (Å²) in [6.07, 6.45) is 2.91. The average molecular weight is 243 g/mol. The van der Waals surface area contributed by atoms with E-state index in [1.54, 1.807) is 12.1 Å². The Bertz CT molecular complexity index is 545. The quantitative estimate of drug-likeness (QED) is 0.811. The molecule has 1 amide bonds. The van der Waals surface area contributed by atoms with Crippen LogP contribution in [0, 0.1) is 0 Å². The molecule has 2 rings (SSSR count). The van der Waals surface area contributed by atoms with Crippen LogP contribution >= 0.6 is 0 Å². The zero-order chi connectivity index (χ0) is 13.0. The third-order valence-corrected chi connectivity index (χ3v) is 2.67. The number of anilines is 2. The molecule has 1 aromatic carbocycles. The van der Waals surface area contributed by atoms with E-state index in [-0.39, 0.29) is 5.91 Å². The van der Waals surface area contributed by atoms with Crippen molar-refractivity contribution >= 4 is 17.3 Å². The second kappa shape index (κ2) is 5.40. The van der Waals surface area contributed by atoms with Gasteiger partial charge in [-0.3, -0.25) is 4.79 Å². The standard InChI is InChI=1S/C14H17N3O/c1-2-8-17-9-4-7-13(17)14(18)16-12-6-3-5-11(15)10-12/h3-7,9-10H,2,8,15H2,1H3,(H,16,18). The number of carbonyl (C=O) groups is 1. The first kappa shape index (κ1) is 12.2. The lowest BCUT2D eigenvalue weighted by molar-refractivity contribution is 0.101. The maximum absolute atomic E-state index is 12.1. The molecule has 4 nitrogen and oxygen atoms in total. The van der Waals surface area contributed by atoms with Gasteiger partial charge in [-0.05, 0) is 36.8 Å². The van der Waals surface area contributed by atoms with E-state index in [0.29, 0.717) is 17.1 Å². The Morgan fingerprint density at radius 3 is 2.89 bits per heavy atom. The van der Waals surface area contributed by atoms with Crippen LogP contribution in [0.2, 0.25) is 0 Å². The molecule has 0 unspecified atom stereocenters. The Morgan fingerprint density at radius 2 is 2.17 bits per heavy atom. The predicted octanol–water partition coefficient (Wildman–Crippen LogP) is 2.73. The van der Waals surface area contributed by atoms with Crippen LogP contribution in [0.15, 0.2) is 42.6 Å². The number of nitrogens with two attached hydrogens (primary N) is 1. The highest BCUT2D eigenvalue weighted by atomic mass is 16.1. The molecule has 94 valence electrons. The minimum Gasteiger partial charge on any atom is -0.399 e. The Balaban J connectivity index is 2.14. The summed E-state index contributed by atoms with van der Waals surface area (Å²) in [5.41, 5.74) is 7.69. The average Bonchev–Trinajstić information content (AvgIpc) is 2.78. The summed E-state index contributed by atoms with van der Waals surface area (Å²) in [6.45, 7) is 2.92. The molecule has 0 aliphatic heterocycles. The maximum Gasteiger partial charge on any atom is 0.272 e. The Morgan fingerprint density at radius 1 is 1.33 bits per heavy atom. The number of hydrogen-bond acceptors (Lipinski definition) is 2. The van der Waals surface area contributed by atoms with Gasteiger partial charge in [-0.1, -0.05) is 13.0 Å². The molecule has 0 aliphatic rings. The van der Waals surface area contributed by atoms with Crippen LogP contribution in [-0.4, -0.2) is 10.5 Å². The number of benzene rings is 1. The zero-order valence-corrected chi connectivity index (χ0v) is 10.4. The van der Waals surface area contributed by atoms with E-state index in [1.165, 1.54) is 0 Å². The Labute approximate surface area is 106 Å². The highest BCUT2D eigenvalue weighted by molar-refractivity contribution is 6.03. The van der Waals surface area contributed by atoms with Crippen molar-refractivity contribution in [1.82, 2.24) is 4.57 Å². The second-order valence-corrected chi connectivity index (χ2v) is 4.17. The third-order valence-electron chi connectivity index (χ3n) is 2.67. The molecular formula is C14H17N3O. The minimum atomic E-state index is -0.112. The first-order valence-corrected chi connectivity index (χ1v) is 6.02.